The third kappa shape index (κ3) is 3.58. The molecule has 4 heteroatoms. The average Bonchev–Trinajstić information content (AvgIpc) is 2.69. The minimum atomic E-state index is 0.0183. The number of hydrogen-bond acceptors (Lipinski definition) is 4. The van der Waals surface area contributed by atoms with Gasteiger partial charge in [-0.05, 0) is 68.6 Å². The van der Waals surface area contributed by atoms with E-state index in [1.54, 1.807) is 0 Å². The van der Waals surface area contributed by atoms with Crippen LogP contribution >= 0.6 is 0 Å². The van der Waals surface area contributed by atoms with E-state index in [9.17, 15) is 5.11 Å². The molecule has 2 aromatic rings. The maximum atomic E-state index is 10.1. The standard InChI is InChI=1S/C22H30N2O2/c1-17-14-21(23-20-8-3-2-7-19(17)20)24-11-9-22(16-25,10-12-24)15-18-6-4-5-13-26-18/h2-3,7-8,14,18,25H,4-6,9-13,15-16H2,1H3/t18-/m0/s1. The lowest BCUT2D eigenvalue weighted by molar-refractivity contribution is -0.0355. The van der Waals surface area contributed by atoms with Gasteiger partial charge in [-0.1, -0.05) is 18.2 Å². The first-order valence-electron chi connectivity index (χ1n) is 10.0. The second-order valence-corrected chi connectivity index (χ2v) is 8.15. The first-order chi connectivity index (χ1) is 12.7. The van der Waals surface area contributed by atoms with Crippen LogP contribution in [0.1, 0.15) is 44.1 Å². The van der Waals surface area contributed by atoms with Gasteiger partial charge in [-0.15, -0.1) is 0 Å². The Balaban J connectivity index is 1.47. The van der Waals surface area contributed by atoms with Gasteiger partial charge in [-0.3, -0.25) is 0 Å². The Kier molecular flexibility index (Phi) is 5.14. The molecule has 2 fully saturated rings. The number of benzene rings is 1. The fraction of sp³-hybridized carbons (Fsp3) is 0.591. The van der Waals surface area contributed by atoms with Crippen LogP contribution in [0.25, 0.3) is 10.9 Å². The fourth-order valence-electron chi connectivity index (χ4n) is 4.58. The van der Waals surface area contributed by atoms with Crippen molar-refractivity contribution in [3.8, 4) is 0 Å². The third-order valence-electron chi connectivity index (χ3n) is 6.33. The van der Waals surface area contributed by atoms with Gasteiger partial charge in [0.05, 0.1) is 11.6 Å². The van der Waals surface area contributed by atoms with Crippen LogP contribution in [0.2, 0.25) is 0 Å². The quantitative estimate of drug-likeness (QED) is 0.898. The molecule has 2 saturated heterocycles. The van der Waals surface area contributed by atoms with Gasteiger partial charge in [0.25, 0.3) is 0 Å². The van der Waals surface area contributed by atoms with Gasteiger partial charge in [0.1, 0.15) is 5.82 Å². The molecule has 140 valence electrons. The van der Waals surface area contributed by atoms with Crippen molar-refractivity contribution in [2.24, 2.45) is 5.41 Å². The summed E-state index contributed by atoms with van der Waals surface area (Å²) >= 11 is 0. The Morgan fingerprint density at radius 1 is 1.23 bits per heavy atom. The van der Waals surface area contributed by atoms with Crippen LogP contribution in [-0.4, -0.2) is 42.5 Å². The fourth-order valence-corrected chi connectivity index (χ4v) is 4.58. The maximum Gasteiger partial charge on any atom is 0.129 e. The minimum Gasteiger partial charge on any atom is -0.396 e. The lowest BCUT2D eigenvalue weighted by atomic mass is 9.74. The van der Waals surface area contributed by atoms with Crippen LogP contribution < -0.4 is 4.90 Å². The van der Waals surface area contributed by atoms with Crippen LogP contribution in [0, 0.1) is 12.3 Å². The number of aromatic nitrogens is 1. The number of rotatable bonds is 4. The zero-order valence-corrected chi connectivity index (χ0v) is 15.8. The number of aryl methyl sites for hydroxylation is 1. The SMILES string of the molecule is Cc1cc(N2CCC(CO)(C[C@@H]3CCCCO3)CC2)nc2ccccc12. The molecule has 0 saturated carbocycles. The molecule has 26 heavy (non-hydrogen) atoms. The van der Waals surface area contributed by atoms with Crippen LogP contribution in [-0.2, 0) is 4.74 Å². The highest BCUT2D eigenvalue weighted by atomic mass is 16.5. The van der Waals surface area contributed by atoms with Crippen LogP contribution in [0.15, 0.2) is 30.3 Å². The van der Waals surface area contributed by atoms with Crippen molar-refractivity contribution in [3.63, 3.8) is 0 Å². The Morgan fingerprint density at radius 3 is 2.77 bits per heavy atom. The molecule has 1 N–H and O–H groups in total. The van der Waals surface area contributed by atoms with Crippen molar-refractivity contribution in [2.75, 3.05) is 31.2 Å². The van der Waals surface area contributed by atoms with Crippen molar-refractivity contribution in [1.82, 2.24) is 4.98 Å². The Morgan fingerprint density at radius 2 is 2.04 bits per heavy atom. The smallest absolute Gasteiger partial charge is 0.129 e. The van der Waals surface area contributed by atoms with Crippen molar-refractivity contribution >= 4 is 16.7 Å². The van der Waals surface area contributed by atoms with E-state index in [0.29, 0.717) is 6.10 Å². The van der Waals surface area contributed by atoms with E-state index < -0.39 is 0 Å². The Labute approximate surface area is 156 Å². The zero-order valence-electron chi connectivity index (χ0n) is 15.8. The molecule has 0 aliphatic carbocycles. The molecule has 4 nitrogen and oxygen atoms in total. The monoisotopic (exact) mass is 354 g/mol. The molecule has 2 aliphatic rings. The minimum absolute atomic E-state index is 0.0183. The largest absolute Gasteiger partial charge is 0.396 e. The van der Waals surface area contributed by atoms with E-state index in [1.807, 2.05) is 0 Å². The van der Waals surface area contributed by atoms with E-state index in [4.69, 9.17) is 9.72 Å². The lowest BCUT2D eigenvalue weighted by Crippen LogP contribution is -2.44. The molecule has 0 spiro atoms. The predicted octanol–water partition coefficient (Wildman–Crippen LogP) is 4.08. The molecule has 1 atom stereocenters. The van der Waals surface area contributed by atoms with E-state index in [2.05, 4.69) is 42.2 Å². The molecular weight excluding hydrogens is 324 g/mol. The van der Waals surface area contributed by atoms with Crippen LogP contribution in [0.4, 0.5) is 5.82 Å². The molecule has 3 heterocycles. The van der Waals surface area contributed by atoms with Gasteiger partial charge >= 0.3 is 0 Å². The van der Waals surface area contributed by atoms with E-state index in [-0.39, 0.29) is 12.0 Å². The number of ether oxygens (including phenoxy) is 1. The van der Waals surface area contributed by atoms with Crippen molar-refractivity contribution in [2.45, 2.75) is 51.6 Å². The summed E-state index contributed by atoms with van der Waals surface area (Å²) in [4.78, 5) is 7.27. The van der Waals surface area contributed by atoms with Crippen molar-refractivity contribution in [3.05, 3.63) is 35.9 Å². The van der Waals surface area contributed by atoms with E-state index >= 15 is 0 Å². The van der Waals surface area contributed by atoms with Gasteiger partial charge in [0, 0.05) is 31.7 Å². The van der Waals surface area contributed by atoms with E-state index in [0.717, 1.165) is 56.7 Å². The molecule has 0 unspecified atom stereocenters. The average molecular weight is 354 g/mol. The molecule has 0 bridgehead atoms. The number of piperidine rings is 1. The van der Waals surface area contributed by atoms with Crippen molar-refractivity contribution < 1.29 is 9.84 Å². The normalized spacial score (nSPS) is 23.3. The second kappa shape index (κ2) is 7.53. The number of anilines is 1. The maximum absolute atomic E-state index is 10.1. The van der Waals surface area contributed by atoms with Gasteiger partial charge in [0.2, 0.25) is 0 Å². The number of pyridine rings is 1. The number of para-hydroxylation sites is 1. The highest BCUT2D eigenvalue weighted by Crippen LogP contribution is 2.39. The second-order valence-electron chi connectivity index (χ2n) is 8.15. The molecule has 0 amide bonds. The summed E-state index contributed by atoms with van der Waals surface area (Å²) < 4.78 is 5.95. The van der Waals surface area contributed by atoms with Gasteiger partial charge in [-0.2, -0.15) is 0 Å². The molecule has 1 aromatic heterocycles. The summed E-state index contributed by atoms with van der Waals surface area (Å²) in [6, 6.07) is 10.6. The van der Waals surface area contributed by atoms with Gasteiger partial charge in [-0.25, -0.2) is 4.98 Å². The summed E-state index contributed by atoms with van der Waals surface area (Å²) in [6.45, 7) is 5.23. The molecular formula is C22H30N2O2. The zero-order chi connectivity index (χ0) is 18.0. The predicted molar refractivity (Wildman–Crippen MR) is 106 cm³/mol. The topological polar surface area (TPSA) is 45.6 Å². The Bertz CT molecular complexity index is 747. The third-order valence-corrected chi connectivity index (χ3v) is 6.33. The van der Waals surface area contributed by atoms with Crippen molar-refractivity contribution in [1.29, 1.82) is 0 Å². The summed E-state index contributed by atoms with van der Waals surface area (Å²) in [7, 11) is 0. The summed E-state index contributed by atoms with van der Waals surface area (Å²) in [5.41, 5.74) is 2.36. The lowest BCUT2D eigenvalue weighted by Gasteiger charge is -2.43. The molecule has 0 radical (unpaired) electrons. The summed E-state index contributed by atoms with van der Waals surface area (Å²) in [5, 5.41) is 11.4. The number of aliphatic hydroxyl groups excluding tert-OH is 1. The first kappa shape index (κ1) is 17.7. The number of hydrogen-bond donors (Lipinski definition) is 1. The Hall–Kier alpha value is -1.65. The highest BCUT2D eigenvalue weighted by Gasteiger charge is 2.37. The summed E-state index contributed by atoms with van der Waals surface area (Å²) in [6.07, 6.45) is 6.96. The number of aliphatic hydroxyl groups is 1. The molecule has 4 rings (SSSR count). The number of nitrogens with zero attached hydrogens (tertiary/aromatic N) is 2. The first-order valence-corrected chi connectivity index (χ1v) is 10.0. The van der Waals surface area contributed by atoms with Crippen LogP contribution in [0.3, 0.4) is 0 Å². The molecule has 2 aliphatic heterocycles. The highest BCUT2D eigenvalue weighted by molar-refractivity contribution is 5.83. The molecule has 1 aromatic carbocycles. The summed E-state index contributed by atoms with van der Waals surface area (Å²) in [5.74, 6) is 1.07. The van der Waals surface area contributed by atoms with E-state index in [1.165, 1.54) is 23.8 Å². The number of fused-ring (bicyclic) bond motifs is 1. The van der Waals surface area contributed by atoms with Gasteiger partial charge in [0.15, 0.2) is 0 Å². The van der Waals surface area contributed by atoms with Crippen LogP contribution in [0.5, 0.6) is 0 Å². The van der Waals surface area contributed by atoms with Gasteiger partial charge < -0.3 is 14.7 Å².